The van der Waals surface area contributed by atoms with E-state index in [1.165, 1.54) is 0 Å². The van der Waals surface area contributed by atoms with E-state index in [0.717, 1.165) is 38.9 Å². The molecular formula is C10H22Cl2N2. The number of halogens is 2. The predicted octanol–water partition coefficient (Wildman–Crippen LogP) is 3.54. The van der Waals surface area contributed by atoms with Crippen LogP contribution in [-0.4, -0.2) is 29.8 Å². The van der Waals surface area contributed by atoms with Crippen LogP contribution in [0, 0.1) is 0 Å². The average Bonchev–Trinajstić information content (AvgIpc) is 2.14. The predicted molar refractivity (Wildman–Crippen MR) is 67.8 cm³/mol. The number of nitrogens with zero attached hydrogens (tertiary/aromatic N) is 2. The molecule has 0 fully saturated rings. The first-order valence-corrected chi connectivity index (χ1v) is 5.58. The molecule has 0 spiro atoms. The van der Waals surface area contributed by atoms with Crippen molar-refractivity contribution in [1.82, 2.24) is 4.90 Å². The van der Waals surface area contributed by atoms with Gasteiger partial charge in [-0.3, -0.25) is 4.99 Å². The van der Waals surface area contributed by atoms with Gasteiger partial charge in [-0.2, -0.15) is 0 Å². The third kappa shape index (κ3) is 7.45. The summed E-state index contributed by atoms with van der Waals surface area (Å²) >= 11 is 6.06. The summed E-state index contributed by atoms with van der Waals surface area (Å²) in [7, 11) is 0. The third-order valence-corrected chi connectivity index (χ3v) is 2.07. The SMILES string of the molecule is CCC/N=C(\Cl)N(CCC)CCC.Cl. The van der Waals surface area contributed by atoms with Gasteiger partial charge in [-0.15, -0.1) is 12.4 Å². The Morgan fingerprint density at radius 1 is 1.07 bits per heavy atom. The Labute approximate surface area is 99.1 Å². The lowest BCUT2D eigenvalue weighted by atomic mass is 10.4. The van der Waals surface area contributed by atoms with Gasteiger partial charge in [0.1, 0.15) is 0 Å². The Kier molecular flexibility index (Phi) is 13.1. The summed E-state index contributed by atoms with van der Waals surface area (Å²) in [6, 6.07) is 0. The number of hydrogen-bond acceptors (Lipinski definition) is 1. The molecule has 2 nitrogen and oxygen atoms in total. The van der Waals surface area contributed by atoms with E-state index in [9.17, 15) is 0 Å². The number of aliphatic imine (C=N–C) groups is 1. The fraction of sp³-hybridized carbons (Fsp3) is 0.900. The van der Waals surface area contributed by atoms with Crippen LogP contribution < -0.4 is 0 Å². The van der Waals surface area contributed by atoms with Crippen LogP contribution in [0.25, 0.3) is 0 Å². The molecule has 0 rings (SSSR count). The van der Waals surface area contributed by atoms with Crippen molar-refractivity contribution < 1.29 is 0 Å². The summed E-state index contributed by atoms with van der Waals surface area (Å²) in [5, 5.41) is 0.686. The van der Waals surface area contributed by atoms with Gasteiger partial charge in [0, 0.05) is 19.6 Å². The monoisotopic (exact) mass is 240 g/mol. The second-order valence-corrected chi connectivity index (χ2v) is 3.48. The summed E-state index contributed by atoms with van der Waals surface area (Å²) in [5.41, 5.74) is 0. The smallest absolute Gasteiger partial charge is 0.193 e. The molecule has 4 heteroatoms. The van der Waals surface area contributed by atoms with Gasteiger partial charge in [0.25, 0.3) is 0 Å². The standard InChI is InChI=1S/C10H21ClN2.ClH/c1-4-7-12-10(11)13(8-5-2)9-6-3;/h4-9H2,1-3H3;1H/b12-10+;. The minimum Gasteiger partial charge on any atom is -0.347 e. The fourth-order valence-electron chi connectivity index (χ4n) is 1.14. The molecule has 0 aromatic carbocycles. The summed E-state index contributed by atoms with van der Waals surface area (Å²) in [6.07, 6.45) is 3.30. The molecular weight excluding hydrogens is 219 g/mol. The normalized spacial score (nSPS) is 11.0. The first-order valence-electron chi connectivity index (χ1n) is 5.21. The minimum atomic E-state index is 0. The van der Waals surface area contributed by atoms with Crippen molar-refractivity contribution in [2.45, 2.75) is 40.0 Å². The highest BCUT2D eigenvalue weighted by Gasteiger charge is 2.05. The first-order chi connectivity index (χ1) is 6.26. The van der Waals surface area contributed by atoms with Crippen LogP contribution >= 0.6 is 24.0 Å². The maximum atomic E-state index is 6.06. The van der Waals surface area contributed by atoms with Crippen LogP contribution in [0.3, 0.4) is 0 Å². The molecule has 14 heavy (non-hydrogen) atoms. The van der Waals surface area contributed by atoms with Crippen LogP contribution in [0.15, 0.2) is 4.99 Å². The molecule has 0 N–H and O–H groups in total. The molecule has 0 aliphatic carbocycles. The summed E-state index contributed by atoms with van der Waals surface area (Å²) in [5.74, 6) is 0. The van der Waals surface area contributed by atoms with Crippen molar-refractivity contribution >= 4 is 29.3 Å². The Balaban J connectivity index is 0. The zero-order valence-corrected chi connectivity index (χ0v) is 11.0. The highest BCUT2D eigenvalue weighted by molar-refractivity contribution is 6.64. The third-order valence-electron chi connectivity index (χ3n) is 1.71. The Morgan fingerprint density at radius 2 is 1.57 bits per heavy atom. The molecule has 0 amide bonds. The molecule has 0 aromatic rings. The van der Waals surface area contributed by atoms with Crippen molar-refractivity contribution in [2.75, 3.05) is 19.6 Å². The van der Waals surface area contributed by atoms with E-state index in [-0.39, 0.29) is 12.4 Å². The van der Waals surface area contributed by atoms with E-state index in [2.05, 4.69) is 30.7 Å². The van der Waals surface area contributed by atoms with Crippen molar-refractivity contribution in [3.63, 3.8) is 0 Å². The summed E-state index contributed by atoms with van der Waals surface area (Å²) in [4.78, 5) is 6.44. The lowest BCUT2D eigenvalue weighted by molar-refractivity contribution is 0.422. The molecule has 0 heterocycles. The van der Waals surface area contributed by atoms with Crippen LogP contribution in [0.4, 0.5) is 0 Å². The molecule has 0 aliphatic heterocycles. The lowest BCUT2D eigenvalue weighted by Gasteiger charge is -2.21. The van der Waals surface area contributed by atoms with E-state index in [1.807, 2.05) is 0 Å². The van der Waals surface area contributed by atoms with Gasteiger partial charge in [-0.1, -0.05) is 20.8 Å². The number of amidine groups is 1. The van der Waals surface area contributed by atoms with Crippen molar-refractivity contribution in [2.24, 2.45) is 4.99 Å². The van der Waals surface area contributed by atoms with Crippen molar-refractivity contribution in [3.05, 3.63) is 0 Å². The molecule has 0 aliphatic rings. The zero-order valence-electron chi connectivity index (χ0n) is 9.42. The molecule has 0 aromatic heterocycles. The van der Waals surface area contributed by atoms with Crippen LogP contribution in [0.1, 0.15) is 40.0 Å². The summed E-state index contributed by atoms with van der Waals surface area (Å²) in [6.45, 7) is 9.29. The van der Waals surface area contributed by atoms with Gasteiger partial charge in [0.15, 0.2) is 5.29 Å². The van der Waals surface area contributed by atoms with Gasteiger partial charge in [0.05, 0.1) is 0 Å². The van der Waals surface area contributed by atoms with Gasteiger partial charge >= 0.3 is 0 Å². The second kappa shape index (κ2) is 11.1. The zero-order chi connectivity index (χ0) is 10.1. The molecule has 0 atom stereocenters. The molecule has 0 saturated heterocycles. The Morgan fingerprint density at radius 3 is 1.93 bits per heavy atom. The van der Waals surface area contributed by atoms with Crippen molar-refractivity contribution in [3.8, 4) is 0 Å². The number of rotatable bonds is 6. The molecule has 0 radical (unpaired) electrons. The molecule has 0 saturated carbocycles. The van der Waals surface area contributed by atoms with Crippen molar-refractivity contribution in [1.29, 1.82) is 0 Å². The van der Waals surface area contributed by atoms with E-state index in [4.69, 9.17) is 11.6 Å². The highest BCUT2D eigenvalue weighted by Crippen LogP contribution is 2.01. The quantitative estimate of drug-likeness (QED) is 0.394. The lowest BCUT2D eigenvalue weighted by Crippen LogP contribution is -2.29. The van der Waals surface area contributed by atoms with E-state index in [1.54, 1.807) is 0 Å². The summed E-state index contributed by atoms with van der Waals surface area (Å²) < 4.78 is 0. The molecule has 86 valence electrons. The van der Waals surface area contributed by atoms with Gasteiger partial charge in [0.2, 0.25) is 0 Å². The Hall–Kier alpha value is 0.0500. The average molecular weight is 241 g/mol. The van der Waals surface area contributed by atoms with Crippen LogP contribution in [0.2, 0.25) is 0 Å². The van der Waals surface area contributed by atoms with Gasteiger partial charge in [-0.05, 0) is 30.9 Å². The van der Waals surface area contributed by atoms with Crippen LogP contribution in [0.5, 0.6) is 0 Å². The van der Waals surface area contributed by atoms with E-state index < -0.39 is 0 Å². The molecule has 0 unspecified atom stereocenters. The minimum absolute atomic E-state index is 0. The maximum Gasteiger partial charge on any atom is 0.193 e. The van der Waals surface area contributed by atoms with E-state index in [0.29, 0.717) is 5.29 Å². The van der Waals surface area contributed by atoms with Gasteiger partial charge < -0.3 is 4.90 Å². The number of hydrogen-bond donors (Lipinski definition) is 0. The van der Waals surface area contributed by atoms with Crippen LogP contribution in [-0.2, 0) is 0 Å². The topological polar surface area (TPSA) is 15.6 Å². The largest absolute Gasteiger partial charge is 0.347 e. The maximum absolute atomic E-state index is 6.06. The highest BCUT2D eigenvalue weighted by atomic mass is 35.5. The first kappa shape index (κ1) is 16.5. The molecule has 0 bridgehead atoms. The second-order valence-electron chi connectivity index (χ2n) is 3.14. The van der Waals surface area contributed by atoms with Gasteiger partial charge in [-0.25, -0.2) is 0 Å². The fourth-order valence-corrected chi connectivity index (χ4v) is 1.39. The van der Waals surface area contributed by atoms with E-state index >= 15 is 0 Å². The Bertz CT molecular complexity index is 143.